The average Bonchev–Trinajstić information content (AvgIpc) is 3.13. The second-order valence-electron chi connectivity index (χ2n) is 6.04. The number of benzene rings is 1. The fraction of sp³-hybridized carbons (Fsp3) is 0.158. The monoisotopic (exact) mass is 354 g/mol. The van der Waals surface area contributed by atoms with Crippen LogP contribution in [0.5, 0.6) is 0 Å². The molecule has 26 heavy (non-hydrogen) atoms. The number of fused-ring (bicyclic) bond motifs is 1. The molecule has 2 amide bonds. The Morgan fingerprint density at radius 3 is 2.62 bits per heavy atom. The molecule has 0 saturated carbocycles. The van der Waals surface area contributed by atoms with Gasteiger partial charge in [-0.25, -0.2) is 13.6 Å². The van der Waals surface area contributed by atoms with E-state index in [1.807, 2.05) is 24.4 Å². The van der Waals surface area contributed by atoms with Crippen molar-refractivity contribution in [3.05, 3.63) is 83.9 Å². The number of hydrogen-bond acceptors (Lipinski definition) is 2. The number of nitrogens with zero attached hydrogens (tertiary/aromatic N) is 3. The van der Waals surface area contributed by atoms with Crippen LogP contribution >= 0.6 is 0 Å². The Kier molecular flexibility index (Phi) is 4.12. The predicted molar refractivity (Wildman–Crippen MR) is 92.6 cm³/mol. The van der Waals surface area contributed by atoms with Crippen molar-refractivity contribution in [1.29, 1.82) is 0 Å². The minimum absolute atomic E-state index is 0.387. The van der Waals surface area contributed by atoms with Crippen molar-refractivity contribution in [3.63, 3.8) is 0 Å². The number of aromatic nitrogens is 2. The van der Waals surface area contributed by atoms with E-state index < -0.39 is 23.4 Å². The first kappa shape index (κ1) is 16.3. The summed E-state index contributed by atoms with van der Waals surface area (Å²) in [5.74, 6) is -1.62. The summed E-state index contributed by atoms with van der Waals surface area (Å²) in [7, 11) is 0. The standard InChI is InChI=1S/C19H16F2N4O/c20-14-5-1-6-15(21)17(14)23-19(26)25-11-10-24-9-3-7-16(24)18(25)13-4-2-8-22-12-13/h1-9,12,18H,10-11H2,(H,23,26)/t18-/m1/s1. The summed E-state index contributed by atoms with van der Waals surface area (Å²) in [5, 5.41) is 2.38. The zero-order valence-corrected chi connectivity index (χ0v) is 13.8. The van der Waals surface area contributed by atoms with E-state index in [0.29, 0.717) is 13.1 Å². The highest BCUT2D eigenvalue weighted by atomic mass is 19.1. The summed E-state index contributed by atoms with van der Waals surface area (Å²) >= 11 is 0. The molecule has 1 aromatic carbocycles. The number of halogens is 2. The molecule has 0 bridgehead atoms. The van der Waals surface area contributed by atoms with Crippen molar-refractivity contribution in [2.45, 2.75) is 12.6 Å². The number of hydrogen-bond donors (Lipinski definition) is 1. The third-order valence-corrected chi connectivity index (χ3v) is 4.49. The van der Waals surface area contributed by atoms with Crippen molar-refractivity contribution in [2.75, 3.05) is 11.9 Å². The quantitative estimate of drug-likeness (QED) is 0.761. The molecule has 3 heterocycles. The first-order chi connectivity index (χ1) is 12.6. The number of amides is 2. The van der Waals surface area contributed by atoms with Crippen LogP contribution in [0.15, 0.2) is 61.1 Å². The fourth-order valence-corrected chi connectivity index (χ4v) is 3.29. The van der Waals surface area contributed by atoms with Crippen molar-refractivity contribution in [2.24, 2.45) is 0 Å². The van der Waals surface area contributed by atoms with Gasteiger partial charge in [0.2, 0.25) is 0 Å². The molecule has 1 aliphatic heterocycles. The van der Waals surface area contributed by atoms with E-state index in [2.05, 4.69) is 14.9 Å². The number of para-hydroxylation sites is 1. The summed E-state index contributed by atoms with van der Waals surface area (Å²) in [6.45, 7) is 1.01. The van der Waals surface area contributed by atoms with Crippen LogP contribution in [-0.2, 0) is 6.54 Å². The Labute approximate surface area is 148 Å². The van der Waals surface area contributed by atoms with Gasteiger partial charge in [0, 0.05) is 37.4 Å². The van der Waals surface area contributed by atoms with Gasteiger partial charge in [0.25, 0.3) is 0 Å². The van der Waals surface area contributed by atoms with Gasteiger partial charge in [0.05, 0.1) is 0 Å². The SMILES string of the molecule is O=C(Nc1c(F)cccc1F)N1CCn2cccc2[C@H]1c1cccnc1. The van der Waals surface area contributed by atoms with Crippen LogP contribution in [0.1, 0.15) is 17.3 Å². The lowest BCUT2D eigenvalue weighted by Gasteiger charge is -2.37. The lowest BCUT2D eigenvalue weighted by atomic mass is 10.0. The third kappa shape index (κ3) is 2.81. The summed E-state index contributed by atoms with van der Waals surface area (Å²) in [6.07, 6.45) is 5.30. The van der Waals surface area contributed by atoms with Gasteiger partial charge in [0.1, 0.15) is 23.4 Å². The maximum absolute atomic E-state index is 13.9. The smallest absolute Gasteiger partial charge is 0.322 e. The molecule has 1 N–H and O–H groups in total. The minimum Gasteiger partial charge on any atom is -0.348 e. The Bertz CT molecular complexity index is 921. The maximum Gasteiger partial charge on any atom is 0.322 e. The van der Waals surface area contributed by atoms with Crippen LogP contribution < -0.4 is 5.32 Å². The fourth-order valence-electron chi connectivity index (χ4n) is 3.29. The van der Waals surface area contributed by atoms with Gasteiger partial charge in [-0.1, -0.05) is 12.1 Å². The molecule has 1 aliphatic rings. The van der Waals surface area contributed by atoms with E-state index >= 15 is 0 Å². The molecule has 0 saturated heterocycles. The number of anilines is 1. The molecular weight excluding hydrogens is 338 g/mol. The van der Waals surface area contributed by atoms with E-state index in [9.17, 15) is 13.6 Å². The maximum atomic E-state index is 13.9. The van der Waals surface area contributed by atoms with Crippen molar-refractivity contribution < 1.29 is 13.6 Å². The van der Waals surface area contributed by atoms with Gasteiger partial charge < -0.3 is 14.8 Å². The summed E-state index contributed by atoms with van der Waals surface area (Å²) < 4.78 is 29.9. The van der Waals surface area contributed by atoms with E-state index in [1.54, 1.807) is 23.4 Å². The predicted octanol–water partition coefficient (Wildman–Crippen LogP) is 3.80. The van der Waals surface area contributed by atoms with Crippen molar-refractivity contribution in [1.82, 2.24) is 14.5 Å². The van der Waals surface area contributed by atoms with E-state index in [0.717, 1.165) is 23.4 Å². The minimum atomic E-state index is -0.809. The summed E-state index contributed by atoms with van der Waals surface area (Å²) in [4.78, 5) is 18.5. The van der Waals surface area contributed by atoms with Crippen LogP contribution in [0, 0.1) is 11.6 Å². The Morgan fingerprint density at radius 1 is 1.08 bits per heavy atom. The van der Waals surface area contributed by atoms with E-state index in [1.165, 1.54) is 6.07 Å². The first-order valence-electron chi connectivity index (χ1n) is 8.22. The molecule has 0 unspecified atom stereocenters. The summed E-state index contributed by atoms with van der Waals surface area (Å²) in [5.41, 5.74) is 1.31. The van der Waals surface area contributed by atoms with Crippen LogP contribution in [0.25, 0.3) is 0 Å². The number of carbonyl (C=O) groups is 1. The van der Waals surface area contributed by atoms with Gasteiger partial charge in [-0.05, 0) is 35.9 Å². The van der Waals surface area contributed by atoms with Gasteiger partial charge in [-0.15, -0.1) is 0 Å². The molecule has 0 spiro atoms. The molecule has 5 nitrogen and oxygen atoms in total. The average molecular weight is 354 g/mol. The third-order valence-electron chi connectivity index (χ3n) is 4.49. The van der Waals surface area contributed by atoms with Crippen LogP contribution in [-0.4, -0.2) is 27.0 Å². The van der Waals surface area contributed by atoms with Gasteiger partial charge in [-0.2, -0.15) is 0 Å². The number of urea groups is 1. The lowest BCUT2D eigenvalue weighted by molar-refractivity contribution is 0.181. The highest BCUT2D eigenvalue weighted by Crippen LogP contribution is 2.32. The molecule has 2 aromatic heterocycles. The van der Waals surface area contributed by atoms with Crippen molar-refractivity contribution >= 4 is 11.7 Å². The number of nitrogens with one attached hydrogen (secondary N) is 1. The molecular formula is C19H16F2N4O. The number of pyridine rings is 1. The molecule has 0 radical (unpaired) electrons. The largest absolute Gasteiger partial charge is 0.348 e. The second-order valence-corrected chi connectivity index (χ2v) is 6.04. The highest BCUT2D eigenvalue weighted by Gasteiger charge is 2.33. The Hall–Kier alpha value is -3.22. The van der Waals surface area contributed by atoms with Crippen LogP contribution in [0.2, 0.25) is 0 Å². The van der Waals surface area contributed by atoms with Crippen molar-refractivity contribution in [3.8, 4) is 0 Å². The molecule has 0 aliphatic carbocycles. The zero-order chi connectivity index (χ0) is 18.1. The Balaban J connectivity index is 1.69. The molecule has 0 fully saturated rings. The zero-order valence-electron chi connectivity index (χ0n) is 13.8. The normalized spacial score (nSPS) is 16.2. The van der Waals surface area contributed by atoms with Gasteiger partial charge >= 0.3 is 6.03 Å². The molecule has 4 rings (SSSR count). The first-order valence-corrected chi connectivity index (χ1v) is 8.22. The number of rotatable bonds is 2. The highest BCUT2D eigenvalue weighted by molar-refractivity contribution is 5.90. The lowest BCUT2D eigenvalue weighted by Crippen LogP contribution is -2.44. The molecule has 132 valence electrons. The molecule has 3 aromatic rings. The van der Waals surface area contributed by atoms with E-state index in [-0.39, 0.29) is 6.04 Å². The topological polar surface area (TPSA) is 50.2 Å². The van der Waals surface area contributed by atoms with Crippen LogP contribution in [0.3, 0.4) is 0 Å². The summed E-state index contributed by atoms with van der Waals surface area (Å²) in [6, 6.07) is 10.0. The molecule has 1 atom stereocenters. The van der Waals surface area contributed by atoms with E-state index in [4.69, 9.17) is 0 Å². The van der Waals surface area contributed by atoms with Gasteiger partial charge in [0.15, 0.2) is 0 Å². The Morgan fingerprint density at radius 2 is 1.88 bits per heavy atom. The second kappa shape index (κ2) is 6.59. The number of carbonyl (C=O) groups excluding carboxylic acids is 1. The molecule has 7 heteroatoms. The van der Waals surface area contributed by atoms with Gasteiger partial charge in [-0.3, -0.25) is 4.98 Å². The van der Waals surface area contributed by atoms with Crippen LogP contribution in [0.4, 0.5) is 19.3 Å².